The molecule has 0 amide bonds. The molecule has 7 heteroatoms. The van der Waals surface area contributed by atoms with Gasteiger partial charge in [-0.2, -0.15) is 0 Å². The number of nitrogens with one attached hydrogen (secondary N) is 2. The van der Waals surface area contributed by atoms with Crippen LogP contribution in [0.25, 0.3) is 0 Å². The highest BCUT2D eigenvalue weighted by Gasteiger charge is 2.25. The average Bonchev–Trinajstić information content (AvgIpc) is 2.89. The minimum absolute atomic E-state index is 0. The van der Waals surface area contributed by atoms with E-state index in [4.69, 9.17) is 4.99 Å². The molecular formula is C18H35IN4OS. The molecule has 0 bridgehead atoms. The summed E-state index contributed by atoms with van der Waals surface area (Å²) in [6.07, 6.45) is 3.84. The van der Waals surface area contributed by atoms with Crippen LogP contribution in [-0.4, -0.2) is 42.3 Å². The average molecular weight is 482 g/mol. The van der Waals surface area contributed by atoms with Gasteiger partial charge < -0.3 is 15.7 Å². The van der Waals surface area contributed by atoms with E-state index in [9.17, 15) is 5.11 Å². The summed E-state index contributed by atoms with van der Waals surface area (Å²) >= 11 is 1.77. The second kappa shape index (κ2) is 12.9. The zero-order chi connectivity index (χ0) is 18.0. The maximum atomic E-state index is 9.34. The van der Waals surface area contributed by atoms with E-state index in [1.54, 1.807) is 11.3 Å². The lowest BCUT2D eigenvalue weighted by Crippen LogP contribution is -2.39. The van der Waals surface area contributed by atoms with Crippen molar-refractivity contribution in [3.63, 3.8) is 0 Å². The quantitative estimate of drug-likeness (QED) is 0.271. The summed E-state index contributed by atoms with van der Waals surface area (Å²) < 4.78 is 0. The molecule has 0 unspecified atom stereocenters. The molecule has 25 heavy (non-hydrogen) atoms. The largest absolute Gasteiger partial charge is 0.396 e. The van der Waals surface area contributed by atoms with E-state index in [0.717, 1.165) is 62.0 Å². The van der Waals surface area contributed by atoms with Crippen LogP contribution in [0.15, 0.2) is 4.99 Å². The van der Waals surface area contributed by atoms with Crippen molar-refractivity contribution in [2.75, 3.05) is 26.2 Å². The van der Waals surface area contributed by atoms with Crippen LogP contribution in [0.5, 0.6) is 0 Å². The van der Waals surface area contributed by atoms with Gasteiger partial charge in [0.05, 0.1) is 10.7 Å². The maximum absolute atomic E-state index is 9.34. The zero-order valence-electron chi connectivity index (χ0n) is 16.3. The Morgan fingerprint density at radius 3 is 2.36 bits per heavy atom. The lowest BCUT2D eigenvalue weighted by atomic mass is 9.79. The van der Waals surface area contributed by atoms with Crippen molar-refractivity contribution in [2.24, 2.45) is 10.4 Å². The molecule has 0 spiro atoms. The molecular weight excluding hydrogens is 447 g/mol. The van der Waals surface area contributed by atoms with Gasteiger partial charge in [-0.3, -0.25) is 4.99 Å². The number of guanidine groups is 1. The van der Waals surface area contributed by atoms with Crippen LogP contribution in [0, 0.1) is 19.3 Å². The Morgan fingerprint density at radius 2 is 1.88 bits per heavy atom. The van der Waals surface area contributed by atoms with Crippen LogP contribution in [-0.2, 0) is 6.42 Å². The highest BCUT2D eigenvalue weighted by atomic mass is 127. The fraction of sp³-hybridized carbons (Fsp3) is 0.778. The second-order valence-corrected chi connectivity index (χ2v) is 7.58. The summed E-state index contributed by atoms with van der Waals surface area (Å²) in [5, 5.41) is 17.2. The van der Waals surface area contributed by atoms with Gasteiger partial charge in [0.15, 0.2) is 5.96 Å². The van der Waals surface area contributed by atoms with Crippen LogP contribution in [0.4, 0.5) is 0 Å². The smallest absolute Gasteiger partial charge is 0.191 e. The number of nitrogens with zero attached hydrogens (tertiary/aromatic N) is 2. The molecule has 0 aromatic carbocycles. The Hall–Kier alpha value is -0.410. The topological polar surface area (TPSA) is 69.5 Å². The van der Waals surface area contributed by atoms with Crippen LogP contribution in [0.3, 0.4) is 0 Å². The first kappa shape index (κ1) is 24.6. The van der Waals surface area contributed by atoms with E-state index in [1.807, 2.05) is 0 Å². The normalized spacial score (nSPS) is 12.0. The third kappa shape index (κ3) is 8.21. The zero-order valence-corrected chi connectivity index (χ0v) is 19.5. The van der Waals surface area contributed by atoms with Crippen molar-refractivity contribution in [3.8, 4) is 0 Å². The predicted octanol–water partition coefficient (Wildman–Crippen LogP) is 3.66. The van der Waals surface area contributed by atoms with Gasteiger partial charge in [0.1, 0.15) is 0 Å². The fourth-order valence-corrected chi connectivity index (χ4v) is 3.77. The molecule has 5 nitrogen and oxygen atoms in total. The number of hydrogen-bond acceptors (Lipinski definition) is 4. The maximum Gasteiger partial charge on any atom is 0.191 e. The molecule has 0 aliphatic carbocycles. The number of aliphatic imine (C=N–C) groups is 1. The van der Waals surface area contributed by atoms with E-state index in [0.29, 0.717) is 0 Å². The molecule has 0 radical (unpaired) electrons. The first-order chi connectivity index (χ1) is 11.5. The number of hydrogen-bond donors (Lipinski definition) is 3. The molecule has 0 saturated carbocycles. The van der Waals surface area contributed by atoms with Crippen molar-refractivity contribution in [1.29, 1.82) is 0 Å². The van der Waals surface area contributed by atoms with E-state index in [2.05, 4.69) is 50.2 Å². The molecule has 0 fully saturated rings. The van der Waals surface area contributed by atoms with Gasteiger partial charge in [0.25, 0.3) is 0 Å². The van der Waals surface area contributed by atoms with Gasteiger partial charge in [-0.25, -0.2) is 4.98 Å². The minimum Gasteiger partial charge on any atom is -0.396 e. The first-order valence-corrected chi connectivity index (χ1v) is 9.87. The van der Waals surface area contributed by atoms with Crippen LogP contribution in [0.2, 0.25) is 0 Å². The number of thiazole rings is 1. The monoisotopic (exact) mass is 482 g/mol. The fourth-order valence-electron chi connectivity index (χ4n) is 2.83. The van der Waals surface area contributed by atoms with E-state index < -0.39 is 0 Å². The lowest BCUT2D eigenvalue weighted by molar-refractivity contribution is 0.175. The molecule has 0 aliphatic rings. The van der Waals surface area contributed by atoms with Gasteiger partial charge in [0.2, 0.25) is 0 Å². The molecule has 1 aromatic heterocycles. The Bertz CT molecular complexity index is 515. The summed E-state index contributed by atoms with van der Waals surface area (Å²) in [5.41, 5.74) is 1.24. The third-order valence-corrected chi connectivity index (χ3v) is 5.84. The third-order valence-electron chi connectivity index (χ3n) is 4.70. The Kier molecular flexibility index (Phi) is 12.7. The molecule has 1 rings (SSSR count). The molecule has 1 aromatic rings. The molecule has 0 atom stereocenters. The molecule has 0 saturated heterocycles. The van der Waals surface area contributed by atoms with Crippen molar-refractivity contribution < 1.29 is 5.11 Å². The van der Waals surface area contributed by atoms with E-state index >= 15 is 0 Å². The number of aromatic nitrogens is 1. The Morgan fingerprint density at radius 1 is 1.20 bits per heavy atom. The number of rotatable bonds is 10. The van der Waals surface area contributed by atoms with Crippen LogP contribution in [0.1, 0.15) is 55.6 Å². The van der Waals surface area contributed by atoms with E-state index in [-0.39, 0.29) is 36.0 Å². The minimum atomic E-state index is 0. The molecule has 146 valence electrons. The SMILES string of the molecule is CCNC(=NCC(CC)(CC)CCO)NCCc1sc(C)nc1C.I. The van der Waals surface area contributed by atoms with Gasteiger partial charge in [-0.05, 0) is 45.4 Å². The number of aryl methyl sites for hydroxylation is 2. The molecule has 0 aliphatic heterocycles. The van der Waals surface area contributed by atoms with Crippen molar-refractivity contribution in [1.82, 2.24) is 15.6 Å². The summed E-state index contributed by atoms with van der Waals surface area (Å²) in [5.74, 6) is 0.862. The number of halogens is 1. The number of aliphatic hydroxyl groups is 1. The van der Waals surface area contributed by atoms with Crippen molar-refractivity contribution in [3.05, 3.63) is 15.6 Å². The summed E-state index contributed by atoms with van der Waals surface area (Å²) in [6.45, 7) is 13.2. The Balaban J connectivity index is 0.00000576. The molecule has 1 heterocycles. The van der Waals surface area contributed by atoms with Crippen molar-refractivity contribution in [2.45, 2.75) is 60.3 Å². The highest BCUT2D eigenvalue weighted by molar-refractivity contribution is 14.0. The number of aliphatic hydroxyl groups excluding tert-OH is 1. The lowest BCUT2D eigenvalue weighted by Gasteiger charge is -2.29. The predicted molar refractivity (Wildman–Crippen MR) is 119 cm³/mol. The summed E-state index contributed by atoms with van der Waals surface area (Å²) in [4.78, 5) is 10.6. The van der Waals surface area contributed by atoms with Crippen LogP contribution >= 0.6 is 35.3 Å². The van der Waals surface area contributed by atoms with Gasteiger partial charge in [-0.1, -0.05) is 13.8 Å². The van der Waals surface area contributed by atoms with Gasteiger partial charge >= 0.3 is 0 Å². The molecule has 3 N–H and O–H groups in total. The van der Waals surface area contributed by atoms with E-state index in [1.165, 1.54) is 4.88 Å². The first-order valence-electron chi connectivity index (χ1n) is 9.06. The van der Waals surface area contributed by atoms with Gasteiger partial charge in [0, 0.05) is 37.5 Å². The van der Waals surface area contributed by atoms with Gasteiger partial charge in [-0.15, -0.1) is 35.3 Å². The Labute approximate surface area is 174 Å². The summed E-state index contributed by atoms with van der Waals surface area (Å²) in [6, 6.07) is 0. The second-order valence-electron chi connectivity index (χ2n) is 6.29. The van der Waals surface area contributed by atoms with Crippen molar-refractivity contribution >= 4 is 41.3 Å². The van der Waals surface area contributed by atoms with Crippen LogP contribution < -0.4 is 10.6 Å². The highest BCUT2D eigenvalue weighted by Crippen LogP contribution is 2.30. The standard InChI is InChI=1S/C18H34N4OS.HI/c1-6-18(7-2,10-12-23)13-21-17(19-8-3)20-11-9-16-14(4)22-15(5)24-16;/h23H,6-13H2,1-5H3,(H2,19,20,21);1H. The summed E-state index contributed by atoms with van der Waals surface area (Å²) in [7, 11) is 0.